The molecule has 0 spiro atoms. The zero-order chi connectivity index (χ0) is 35.4. The quantitative estimate of drug-likeness (QED) is 0.147. The maximum absolute atomic E-state index is 4.98. The Morgan fingerprint density at radius 1 is 0.604 bits per heavy atom. The topological polar surface area (TPSA) is 27.7 Å². The van der Waals surface area contributed by atoms with E-state index in [-0.39, 0.29) is 26.5 Å². The number of benzene rings is 6. The molecule has 6 aromatic carbocycles. The van der Waals surface area contributed by atoms with E-state index in [1.54, 1.807) is 0 Å². The maximum Gasteiger partial charge on any atom is 0.188 e. The van der Waals surface area contributed by atoms with Gasteiger partial charge in [0.2, 0.25) is 0 Å². The fourth-order valence-electron chi connectivity index (χ4n) is 7.65. The number of rotatable bonds is 7. The molecule has 5 heteroatoms. The van der Waals surface area contributed by atoms with Crippen LogP contribution in [0.5, 0.6) is 0 Å². The van der Waals surface area contributed by atoms with Crippen molar-refractivity contribution in [2.45, 2.75) is 39.2 Å². The second-order valence-corrected chi connectivity index (χ2v) is 14.4. The van der Waals surface area contributed by atoms with Crippen molar-refractivity contribution >= 4 is 32.8 Å². The smallest absolute Gasteiger partial charge is 0.188 e. The molecule has 0 aliphatic carbocycles. The van der Waals surface area contributed by atoms with Gasteiger partial charge in [0.1, 0.15) is 5.82 Å². The van der Waals surface area contributed by atoms with Crippen molar-refractivity contribution in [3.8, 4) is 33.8 Å². The molecule has 0 saturated heterocycles. The van der Waals surface area contributed by atoms with Crippen LogP contribution in [-0.2, 0) is 26.5 Å². The molecule has 9 aromatic rings. The van der Waals surface area contributed by atoms with Gasteiger partial charge in [-0.1, -0.05) is 92.2 Å². The third-order valence-electron chi connectivity index (χ3n) is 10.5. The zero-order valence-corrected chi connectivity index (χ0v) is 32.5. The molecule has 0 N–H and O–H groups in total. The molecule has 0 unspecified atom stereocenters. The van der Waals surface area contributed by atoms with Gasteiger partial charge >= 0.3 is 0 Å². The normalized spacial score (nSPS) is 11.8. The number of hydrogen-bond donors (Lipinski definition) is 0. The predicted molar refractivity (Wildman–Crippen MR) is 215 cm³/mol. The Balaban J connectivity index is 0.00000400. The van der Waals surface area contributed by atoms with Crippen molar-refractivity contribution in [3.63, 3.8) is 0 Å². The summed E-state index contributed by atoms with van der Waals surface area (Å²) in [7, 11) is 0. The number of nitrogens with zero attached hydrogens (tertiary/aromatic N) is 4. The van der Waals surface area contributed by atoms with E-state index in [1.165, 1.54) is 33.1 Å². The number of pyridine rings is 1. The first-order chi connectivity index (χ1) is 25.4. The molecule has 0 fully saturated rings. The van der Waals surface area contributed by atoms with Crippen molar-refractivity contribution in [1.29, 1.82) is 0 Å². The number of hydrogen-bond acceptors (Lipinski definition) is 1. The van der Waals surface area contributed by atoms with Crippen LogP contribution >= 0.6 is 0 Å². The maximum atomic E-state index is 4.98. The van der Waals surface area contributed by atoms with E-state index in [0.717, 1.165) is 44.6 Å². The second kappa shape index (κ2) is 13.8. The van der Waals surface area contributed by atoms with Gasteiger partial charge in [0.05, 0.1) is 6.04 Å². The molecule has 3 heterocycles. The Hall–Kier alpha value is -5.57. The monoisotopic (exact) mass is 866 g/mol. The van der Waals surface area contributed by atoms with E-state index >= 15 is 0 Å². The van der Waals surface area contributed by atoms with E-state index in [1.807, 2.05) is 6.20 Å². The van der Waals surface area contributed by atoms with Crippen molar-refractivity contribution in [1.82, 2.24) is 18.7 Å². The minimum absolute atomic E-state index is 0. The van der Waals surface area contributed by atoms with Crippen molar-refractivity contribution in [2.24, 2.45) is 0 Å². The summed E-state index contributed by atoms with van der Waals surface area (Å²) < 4.78 is 6.86. The second-order valence-electron chi connectivity index (χ2n) is 14.4. The summed E-state index contributed by atoms with van der Waals surface area (Å²) in [5.74, 6) is 0.865. The van der Waals surface area contributed by atoms with Crippen molar-refractivity contribution < 1.29 is 21.1 Å². The summed E-state index contributed by atoms with van der Waals surface area (Å²) in [4.78, 5) is 4.98. The van der Waals surface area contributed by atoms with Crippen LogP contribution in [0.15, 0.2) is 158 Å². The van der Waals surface area contributed by atoms with Crippen LogP contribution in [0.2, 0.25) is 0 Å². The number of imidazole rings is 1. The number of para-hydroxylation sites is 3. The first-order valence-electron chi connectivity index (χ1n) is 18.0. The Bertz CT molecular complexity index is 2750. The van der Waals surface area contributed by atoms with Gasteiger partial charge in [-0.3, -0.25) is 0 Å². The third-order valence-corrected chi connectivity index (χ3v) is 10.5. The molecule has 0 radical (unpaired) electrons. The molecule has 9 rings (SSSR count). The molecule has 0 atom stereocenters. The molecule has 0 aliphatic rings. The van der Waals surface area contributed by atoms with E-state index in [9.17, 15) is 0 Å². The summed E-state index contributed by atoms with van der Waals surface area (Å²) in [5.41, 5.74) is 12.0. The minimum Gasteiger partial charge on any atom is -0.319 e. The predicted octanol–water partition coefficient (Wildman–Crippen LogP) is 12.0. The van der Waals surface area contributed by atoms with Crippen LogP contribution in [0.25, 0.3) is 66.6 Å². The van der Waals surface area contributed by atoms with Gasteiger partial charge < -0.3 is 4.57 Å². The average molecular weight is 867 g/mol. The Morgan fingerprint density at radius 3 is 2.04 bits per heavy atom. The van der Waals surface area contributed by atoms with Crippen LogP contribution in [0.3, 0.4) is 0 Å². The molecule has 0 aliphatic heterocycles. The molecular weight excluding hydrogens is 828 g/mol. The van der Waals surface area contributed by atoms with Gasteiger partial charge in [-0.15, -0.1) is 23.1 Å². The van der Waals surface area contributed by atoms with Crippen LogP contribution in [-0.4, -0.2) is 18.7 Å². The zero-order valence-electron chi connectivity index (χ0n) is 30.2. The van der Waals surface area contributed by atoms with E-state index in [0.29, 0.717) is 6.04 Å². The van der Waals surface area contributed by atoms with Gasteiger partial charge in [-0.05, 0) is 77.2 Å². The van der Waals surface area contributed by atoms with Gasteiger partial charge in [-0.25, -0.2) is 14.1 Å². The van der Waals surface area contributed by atoms with Crippen LogP contribution in [0.1, 0.15) is 44.9 Å². The molecule has 3 aromatic heterocycles. The number of aromatic nitrogens is 4. The van der Waals surface area contributed by atoms with E-state index < -0.39 is 0 Å². The first-order valence-corrected chi connectivity index (χ1v) is 18.0. The molecular formula is C48H39N4Pt-. The van der Waals surface area contributed by atoms with Gasteiger partial charge in [-0.2, -0.15) is 35.9 Å². The summed E-state index contributed by atoms with van der Waals surface area (Å²) in [6.45, 7) is 8.99. The van der Waals surface area contributed by atoms with Crippen molar-refractivity contribution in [3.05, 3.63) is 181 Å². The van der Waals surface area contributed by atoms with Crippen LogP contribution in [0.4, 0.5) is 0 Å². The fraction of sp³-hybridized carbons (Fsp3) is 0.125. The largest absolute Gasteiger partial charge is 0.319 e. The van der Waals surface area contributed by atoms with Crippen LogP contribution < -0.4 is 0 Å². The first kappa shape index (κ1) is 34.5. The fourth-order valence-corrected chi connectivity index (χ4v) is 7.65. The molecule has 0 bridgehead atoms. The summed E-state index contributed by atoms with van der Waals surface area (Å²) >= 11 is 0. The Morgan fingerprint density at radius 2 is 1.26 bits per heavy atom. The van der Waals surface area contributed by atoms with Gasteiger partial charge in [0.15, 0.2) is 17.4 Å². The van der Waals surface area contributed by atoms with Crippen molar-refractivity contribution in [2.75, 3.05) is 0 Å². The number of fused-ring (bicyclic) bond motifs is 4. The summed E-state index contributed by atoms with van der Waals surface area (Å²) in [6, 6.07) is 59.7. The molecule has 0 amide bonds. The standard InChI is InChI=1S/C48H39N4.Pt/c1-33(2)50-32-51(45-24-13-12-23-44(45)50)38-18-14-17-36(30-38)48(3,4)37-25-26-42-41-21-10-11-22-43(41)52(46(42)31-37)47-29-35(27-28-49-47)40-20-9-8-19-39(40)34-15-6-5-7-16-34;/h5-29,32-33H,1-4H3;/q-1;. The molecule has 53 heavy (non-hydrogen) atoms. The van der Waals surface area contributed by atoms with Crippen LogP contribution in [0, 0.1) is 12.1 Å². The average Bonchev–Trinajstić information content (AvgIpc) is 3.75. The van der Waals surface area contributed by atoms with Gasteiger partial charge in [0.25, 0.3) is 0 Å². The third kappa shape index (κ3) is 5.92. The SMILES string of the molecule is CC(C)n1[cH+]n(-c2[c-]c(C(C)(C)c3[c-]c4c(cc3)c3ccccc3n4-c3cc(-c4ccccc4-c4ccccc4)ccn3)ccc2)c2ccccc21.[Pt]. The molecule has 262 valence electrons. The Labute approximate surface area is 325 Å². The van der Waals surface area contributed by atoms with E-state index in [2.05, 4.69) is 205 Å². The molecule has 4 nitrogen and oxygen atoms in total. The molecule has 0 saturated carbocycles. The Kier molecular flexibility index (Phi) is 8.96. The summed E-state index contributed by atoms with van der Waals surface area (Å²) in [5, 5.41) is 2.34. The summed E-state index contributed by atoms with van der Waals surface area (Å²) in [6.07, 6.45) is 4.13. The van der Waals surface area contributed by atoms with E-state index in [4.69, 9.17) is 4.98 Å². The minimum atomic E-state index is -0.383. The van der Waals surface area contributed by atoms with Gasteiger partial charge in [0, 0.05) is 50.6 Å².